The van der Waals surface area contributed by atoms with E-state index in [-0.39, 0.29) is 10.6 Å². The van der Waals surface area contributed by atoms with Gasteiger partial charge in [-0.05, 0) is 44.1 Å². The third-order valence-electron chi connectivity index (χ3n) is 4.02. The molecule has 0 radical (unpaired) electrons. The summed E-state index contributed by atoms with van der Waals surface area (Å²) in [6.07, 6.45) is 5.73. The van der Waals surface area contributed by atoms with Crippen molar-refractivity contribution in [2.24, 2.45) is 5.92 Å². The monoisotopic (exact) mass is 290 g/mol. The van der Waals surface area contributed by atoms with Crippen LogP contribution in [0.3, 0.4) is 0 Å². The fraction of sp³-hybridized carbons (Fsp3) is 0.667. The molecule has 1 aromatic rings. The number of aromatic nitrogens is 1. The fourth-order valence-electron chi connectivity index (χ4n) is 2.52. The van der Waals surface area contributed by atoms with E-state index in [1.54, 1.807) is 12.1 Å². The van der Waals surface area contributed by atoms with Gasteiger partial charge in [-0.3, -0.25) is 10.1 Å². The molecule has 0 saturated heterocycles. The third kappa shape index (κ3) is 3.43. The summed E-state index contributed by atoms with van der Waals surface area (Å²) in [5.74, 6) is 1.98. The van der Waals surface area contributed by atoms with Crippen molar-refractivity contribution >= 4 is 17.3 Å². The Kier molecular flexibility index (Phi) is 3.94. The molecule has 3 rings (SSSR count). The quantitative estimate of drug-likeness (QED) is 0.588. The van der Waals surface area contributed by atoms with Crippen LogP contribution in [0, 0.1) is 16.0 Å². The van der Waals surface area contributed by atoms with Crippen molar-refractivity contribution in [3.05, 3.63) is 22.2 Å². The Morgan fingerprint density at radius 1 is 1.38 bits per heavy atom. The molecule has 6 heteroatoms. The lowest BCUT2D eigenvalue weighted by Crippen LogP contribution is -2.29. The molecule has 2 aliphatic carbocycles. The lowest BCUT2D eigenvalue weighted by molar-refractivity contribution is -0.384. The molecule has 21 heavy (non-hydrogen) atoms. The molecule has 0 unspecified atom stereocenters. The van der Waals surface area contributed by atoms with Gasteiger partial charge < -0.3 is 10.2 Å². The molecule has 0 bridgehead atoms. The second-order valence-corrected chi connectivity index (χ2v) is 6.05. The van der Waals surface area contributed by atoms with Crippen molar-refractivity contribution in [2.45, 2.75) is 45.1 Å². The predicted molar refractivity (Wildman–Crippen MR) is 82.8 cm³/mol. The zero-order chi connectivity index (χ0) is 14.8. The van der Waals surface area contributed by atoms with E-state index in [0.717, 1.165) is 38.2 Å². The summed E-state index contributed by atoms with van der Waals surface area (Å²) < 4.78 is 0. The highest BCUT2D eigenvalue weighted by Gasteiger charge is 2.37. The predicted octanol–water partition coefficient (Wildman–Crippen LogP) is 3.19. The summed E-state index contributed by atoms with van der Waals surface area (Å²) in [5.41, 5.74) is 0.129. The molecule has 2 saturated carbocycles. The molecule has 114 valence electrons. The summed E-state index contributed by atoms with van der Waals surface area (Å²) in [6, 6.07) is 3.74. The van der Waals surface area contributed by atoms with Gasteiger partial charge in [0.25, 0.3) is 0 Å². The Balaban J connectivity index is 1.88. The van der Waals surface area contributed by atoms with Crippen LogP contribution in [-0.4, -0.2) is 29.0 Å². The first-order chi connectivity index (χ1) is 10.2. The average molecular weight is 290 g/mol. The highest BCUT2D eigenvalue weighted by Crippen LogP contribution is 2.40. The van der Waals surface area contributed by atoms with Gasteiger partial charge in [0.05, 0.1) is 4.92 Å². The van der Waals surface area contributed by atoms with Crippen molar-refractivity contribution in [1.82, 2.24) is 4.98 Å². The second kappa shape index (κ2) is 5.87. The largest absolute Gasteiger partial charge is 0.370 e. The fourth-order valence-corrected chi connectivity index (χ4v) is 2.52. The number of nitrogens with zero attached hydrogens (tertiary/aromatic N) is 3. The number of pyridine rings is 1. The molecule has 1 heterocycles. The summed E-state index contributed by atoms with van der Waals surface area (Å²) in [6.45, 7) is 3.83. The maximum atomic E-state index is 11.3. The van der Waals surface area contributed by atoms with Gasteiger partial charge in [0, 0.05) is 25.2 Å². The highest BCUT2D eigenvalue weighted by molar-refractivity contribution is 5.63. The summed E-state index contributed by atoms with van der Waals surface area (Å²) in [5, 5.41) is 14.5. The first-order valence-electron chi connectivity index (χ1n) is 7.85. The maximum absolute atomic E-state index is 11.3. The highest BCUT2D eigenvalue weighted by atomic mass is 16.6. The molecule has 1 N–H and O–H groups in total. The zero-order valence-electron chi connectivity index (χ0n) is 12.4. The van der Waals surface area contributed by atoms with E-state index in [9.17, 15) is 10.1 Å². The average Bonchev–Trinajstić information content (AvgIpc) is 3.35. The number of hydrogen-bond acceptors (Lipinski definition) is 5. The first-order valence-corrected chi connectivity index (χ1v) is 7.85. The van der Waals surface area contributed by atoms with Gasteiger partial charge in [0.1, 0.15) is 5.82 Å². The standard InChI is InChI=1S/C15H22N4O2/c1-2-9-16-14-8-7-13(19(20)21)15(17-14)18(12-5-6-12)10-11-3-4-11/h7-8,11-12H,2-6,9-10H2,1H3,(H,16,17). The van der Waals surface area contributed by atoms with Crippen molar-refractivity contribution < 1.29 is 4.92 Å². The minimum Gasteiger partial charge on any atom is -0.370 e. The van der Waals surface area contributed by atoms with E-state index in [4.69, 9.17) is 0 Å². The van der Waals surface area contributed by atoms with Crippen LogP contribution in [0.25, 0.3) is 0 Å². The van der Waals surface area contributed by atoms with Crippen LogP contribution in [0.4, 0.5) is 17.3 Å². The van der Waals surface area contributed by atoms with Crippen LogP contribution in [-0.2, 0) is 0 Å². The Labute approximate surface area is 124 Å². The lowest BCUT2D eigenvalue weighted by Gasteiger charge is -2.23. The van der Waals surface area contributed by atoms with Crippen LogP contribution in [0.15, 0.2) is 12.1 Å². The van der Waals surface area contributed by atoms with Gasteiger partial charge in [-0.25, -0.2) is 4.98 Å². The number of rotatable bonds is 8. The van der Waals surface area contributed by atoms with Crippen molar-refractivity contribution in [3.8, 4) is 0 Å². The van der Waals surface area contributed by atoms with E-state index in [0.29, 0.717) is 17.8 Å². The molecule has 0 spiro atoms. The molecule has 0 atom stereocenters. The summed E-state index contributed by atoms with van der Waals surface area (Å²) in [4.78, 5) is 17.7. The maximum Gasteiger partial charge on any atom is 0.311 e. The third-order valence-corrected chi connectivity index (χ3v) is 4.02. The molecule has 1 aromatic heterocycles. The van der Waals surface area contributed by atoms with E-state index in [1.165, 1.54) is 12.8 Å². The van der Waals surface area contributed by atoms with Gasteiger partial charge in [-0.15, -0.1) is 0 Å². The molecule has 0 amide bonds. The SMILES string of the molecule is CCCNc1ccc([N+](=O)[O-])c(N(CC2CC2)C2CC2)n1. The topological polar surface area (TPSA) is 71.3 Å². The van der Waals surface area contributed by atoms with Gasteiger partial charge in [0.2, 0.25) is 5.82 Å². The van der Waals surface area contributed by atoms with Gasteiger partial charge in [0.15, 0.2) is 0 Å². The van der Waals surface area contributed by atoms with Crippen LogP contribution < -0.4 is 10.2 Å². The number of anilines is 2. The smallest absolute Gasteiger partial charge is 0.311 e. The lowest BCUT2D eigenvalue weighted by atomic mass is 10.3. The van der Waals surface area contributed by atoms with Crippen LogP contribution in [0.5, 0.6) is 0 Å². The minimum atomic E-state index is -0.311. The van der Waals surface area contributed by atoms with Crippen molar-refractivity contribution in [2.75, 3.05) is 23.3 Å². The van der Waals surface area contributed by atoms with E-state index in [2.05, 4.69) is 22.1 Å². The Bertz CT molecular complexity index is 526. The molecular formula is C15H22N4O2. The molecule has 0 aliphatic heterocycles. The summed E-state index contributed by atoms with van der Waals surface area (Å²) in [7, 11) is 0. The first kappa shape index (κ1) is 14.1. The second-order valence-electron chi connectivity index (χ2n) is 6.05. The molecule has 2 aliphatic rings. The molecular weight excluding hydrogens is 268 g/mol. The number of nitro groups is 1. The van der Waals surface area contributed by atoms with Gasteiger partial charge in [-0.1, -0.05) is 6.92 Å². The number of nitrogens with one attached hydrogen (secondary N) is 1. The van der Waals surface area contributed by atoms with Crippen molar-refractivity contribution in [3.63, 3.8) is 0 Å². The molecule has 2 fully saturated rings. The molecule has 6 nitrogen and oxygen atoms in total. The van der Waals surface area contributed by atoms with E-state index < -0.39 is 0 Å². The zero-order valence-corrected chi connectivity index (χ0v) is 12.4. The normalized spacial score (nSPS) is 17.6. The Morgan fingerprint density at radius 3 is 2.71 bits per heavy atom. The van der Waals surface area contributed by atoms with Gasteiger partial charge in [-0.2, -0.15) is 0 Å². The van der Waals surface area contributed by atoms with E-state index >= 15 is 0 Å². The summed E-state index contributed by atoms with van der Waals surface area (Å²) >= 11 is 0. The number of hydrogen-bond donors (Lipinski definition) is 1. The molecule has 0 aromatic carbocycles. The van der Waals surface area contributed by atoms with Crippen LogP contribution in [0.2, 0.25) is 0 Å². The Morgan fingerprint density at radius 2 is 2.14 bits per heavy atom. The Hall–Kier alpha value is -1.85. The van der Waals surface area contributed by atoms with Crippen LogP contribution >= 0.6 is 0 Å². The van der Waals surface area contributed by atoms with Gasteiger partial charge >= 0.3 is 5.69 Å². The van der Waals surface area contributed by atoms with E-state index in [1.807, 2.05) is 0 Å². The minimum absolute atomic E-state index is 0.129. The van der Waals surface area contributed by atoms with Crippen molar-refractivity contribution in [1.29, 1.82) is 0 Å². The van der Waals surface area contributed by atoms with Crippen LogP contribution in [0.1, 0.15) is 39.0 Å².